The largest absolute Gasteiger partial charge is 0.385 e. The Hall–Kier alpha value is -3.04. The fourth-order valence-electron chi connectivity index (χ4n) is 3.78. The second-order valence-corrected chi connectivity index (χ2v) is 7.36. The van der Waals surface area contributed by atoms with Crippen molar-refractivity contribution in [1.82, 2.24) is 0 Å². The number of hydrogen-bond donors (Lipinski definition) is 1. The Morgan fingerprint density at radius 3 is 1.72 bits per heavy atom. The molecule has 0 amide bonds. The van der Waals surface area contributed by atoms with E-state index in [4.69, 9.17) is 0 Å². The predicted octanol–water partition coefficient (Wildman–Crippen LogP) is 5.57. The van der Waals surface area contributed by atoms with Gasteiger partial charge in [-0.2, -0.15) is 0 Å². The molecule has 1 saturated carbocycles. The molecule has 1 aliphatic rings. The molecule has 0 atom stereocenters. The highest BCUT2D eigenvalue weighted by atomic mass is 16.3. The van der Waals surface area contributed by atoms with Crippen LogP contribution in [0.2, 0.25) is 0 Å². The first-order valence-electron chi connectivity index (χ1n) is 10.1. The minimum Gasteiger partial charge on any atom is -0.385 e. The second-order valence-electron chi connectivity index (χ2n) is 7.36. The van der Waals surface area contributed by atoms with Crippen molar-refractivity contribution in [2.24, 2.45) is 0 Å². The third kappa shape index (κ3) is 5.27. The van der Waals surface area contributed by atoms with Crippen molar-refractivity contribution >= 4 is 12.1 Å². The number of aliphatic hydroxyl groups is 1. The lowest BCUT2D eigenvalue weighted by molar-refractivity contribution is -0.00114. The average molecular weight is 386 g/mol. The first-order valence-corrected chi connectivity index (χ1v) is 10.1. The van der Waals surface area contributed by atoms with E-state index in [0.29, 0.717) is 5.56 Å². The zero-order valence-corrected chi connectivity index (χ0v) is 16.5. The summed E-state index contributed by atoms with van der Waals surface area (Å²) >= 11 is 0. The molecule has 29 heavy (non-hydrogen) atoms. The van der Waals surface area contributed by atoms with Gasteiger partial charge in [-0.3, -0.25) is 9.59 Å². The minimum absolute atomic E-state index is 0.0752. The lowest BCUT2D eigenvalue weighted by Crippen LogP contribution is -2.29. The third-order valence-electron chi connectivity index (χ3n) is 5.34. The Kier molecular flexibility index (Phi) is 7.09. The van der Waals surface area contributed by atoms with Gasteiger partial charge in [0.1, 0.15) is 6.29 Å². The lowest BCUT2D eigenvalue weighted by Gasteiger charge is -2.33. The molecular formula is C26H26O3. The maximum atomic E-state index is 11.8. The summed E-state index contributed by atoms with van der Waals surface area (Å²) in [6.45, 7) is 0. The number of hydrogen-bond acceptors (Lipinski definition) is 3. The molecule has 1 N–H and O–H groups in total. The van der Waals surface area contributed by atoms with E-state index in [1.807, 2.05) is 78.9 Å². The van der Waals surface area contributed by atoms with E-state index in [9.17, 15) is 14.7 Å². The standard InChI is InChI=1S/C13H16O2.C13H10O/c14-10-11-6-2-3-7-12(11)13(15)8-4-1-5-9-13;14-13(11-7-3-1-4-8-11)12-9-5-2-6-10-12/h2-3,6-7,10,15H,1,4-5,8-9H2;1-10H. The monoisotopic (exact) mass is 386 g/mol. The van der Waals surface area contributed by atoms with Crippen molar-refractivity contribution in [2.45, 2.75) is 37.7 Å². The summed E-state index contributed by atoms with van der Waals surface area (Å²) in [5.74, 6) is 0.0752. The van der Waals surface area contributed by atoms with Gasteiger partial charge in [0, 0.05) is 16.7 Å². The normalized spacial score (nSPS) is 14.9. The van der Waals surface area contributed by atoms with Crippen LogP contribution in [0.5, 0.6) is 0 Å². The summed E-state index contributed by atoms with van der Waals surface area (Å²) in [6, 6.07) is 26.0. The summed E-state index contributed by atoms with van der Waals surface area (Å²) in [4.78, 5) is 22.7. The van der Waals surface area contributed by atoms with Crippen molar-refractivity contribution in [2.75, 3.05) is 0 Å². The fourth-order valence-corrected chi connectivity index (χ4v) is 3.78. The van der Waals surface area contributed by atoms with E-state index in [1.54, 1.807) is 6.07 Å². The topological polar surface area (TPSA) is 54.4 Å². The molecule has 3 nitrogen and oxygen atoms in total. The molecule has 0 aliphatic heterocycles. The molecule has 1 fully saturated rings. The highest BCUT2D eigenvalue weighted by Gasteiger charge is 2.32. The van der Waals surface area contributed by atoms with Crippen LogP contribution in [0.1, 0.15) is 63.9 Å². The number of rotatable bonds is 4. The van der Waals surface area contributed by atoms with E-state index >= 15 is 0 Å². The highest BCUT2D eigenvalue weighted by Crippen LogP contribution is 2.37. The summed E-state index contributed by atoms with van der Waals surface area (Å²) in [5.41, 5.74) is 2.13. The number of benzene rings is 3. The van der Waals surface area contributed by atoms with Crippen molar-refractivity contribution in [3.05, 3.63) is 107 Å². The molecule has 0 unspecified atom stereocenters. The first kappa shape index (κ1) is 20.7. The Balaban J connectivity index is 0.000000166. The van der Waals surface area contributed by atoms with Gasteiger partial charge in [-0.15, -0.1) is 0 Å². The fraction of sp³-hybridized carbons (Fsp3) is 0.231. The van der Waals surface area contributed by atoms with Gasteiger partial charge in [0.25, 0.3) is 0 Å². The predicted molar refractivity (Wildman–Crippen MR) is 115 cm³/mol. The van der Waals surface area contributed by atoms with E-state index in [0.717, 1.165) is 48.7 Å². The van der Waals surface area contributed by atoms with E-state index in [2.05, 4.69) is 0 Å². The number of carbonyl (C=O) groups excluding carboxylic acids is 2. The summed E-state index contributed by atoms with van der Waals surface area (Å²) < 4.78 is 0. The summed E-state index contributed by atoms with van der Waals surface area (Å²) in [7, 11) is 0. The molecule has 0 bridgehead atoms. The number of ketones is 1. The molecule has 0 saturated heterocycles. The van der Waals surface area contributed by atoms with E-state index < -0.39 is 5.60 Å². The Morgan fingerprint density at radius 2 is 1.21 bits per heavy atom. The molecule has 3 aromatic carbocycles. The lowest BCUT2D eigenvalue weighted by atomic mass is 9.78. The zero-order valence-electron chi connectivity index (χ0n) is 16.5. The molecule has 0 radical (unpaired) electrons. The van der Waals surface area contributed by atoms with Gasteiger partial charge in [0.15, 0.2) is 5.78 Å². The molecule has 3 heteroatoms. The van der Waals surface area contributed by atoms with E-state index in [1.165, 1.54) is 6.42 Å². The van der Waals surface area contributed by atoms with Gasteiger partial charge in [-0.25, -0.2) is 0 Å². The molecule has 4 rings (SSSR count). The van der Waals surface area contributed by atoms with Crippen LogP contribution in [0.15, 0.2) is 84.9 Å². The van der Waals surface area contributed by atoms with Crippen LogP contribution < -0.4 is 0 Å². The molecule has 148 valence electrons. The number of carbonyl (C=O) groups is 2. The smallest absolute Gasteiger partial charge is 0.193 e. The molecule has 0 heterocycles. The molecular weight excluding hydrogens is 360 g/mol. The first-order chi connectivity index (χ1) is 14.1. The van der Waals surface area contributed by atoms with Crippen LogP contribution in [-0.4, -0.2) is 17.2 Å². The van der Waals surface area contributed by atoms with Gasteiger partial charge in [0.2, 0.25) is 0 Å². The van der Waals surface area contributed by atoms with Gasteiger partial charge in [0.05, 0.1) is 5.60 Å². The van der Waals surface area contributed by atoms with Crippen LogP contribution in [-0.2, 0) is 5.60 Å². The second kappa shape index (κ2) is 9.94. The number of aldehydes is 1. The average Bonchev–Trinajstić information content (AvgIpc) is 2.80. The highest BCUT2D eigenvalue weighted by molar-refractivity contribution is 6.08. The Morgan fingerprint density at radius 1 is 0.724 bits per heavy atom. The van der Waals surface area contributed by atoms with Crippen LogP contribution in [0, 0.1) is 0 Å². The van der Waals surface area contributed by atoms with Gasteiger partial charge in [-0.1, -0.05) is 104 Å². The van der Waals surface area contributed by atoms with Crippen LogP contribution >= 0.6 is 0 Å². The minimum atomic E-state index is -0.768. The molecule has 3 aromatic rings. The van der Waals surface area contributed by atoms with Crippen molar-refractivity contribution in [3.63, 3.8) is 0 Å². The van der Waals surface area contributed by atoms with Gasteiger partial charge in [-0.05, 0) is 18.4 Å². The molecule has 0 aromatic heterocycles. The Labute approximate surface area is 172 Å². The molecule has 0 spiro atoms. The van der Waals surface area contributed by atoms with E-state index in [-0.39, 0.29) is 5.78 Å². The summed E-state index contributed by atoms with van der Waals surface area (Å²) in [6.07, 6.45) is 5.66. The van der Waals surface area contributed by atoms with Crippen LogP contribution in [0.3, 0.4) is 0 Å². The Bertz CT molecular complexity index is 885. The van der Waals surface area contributed by atoms with Crippen LogP contribution in [0.25, 0.3) is 0 Å². The summed E-state index contributed by atoms with van der Waals surface area (Å²) in [5, 5.41) is 10.5. The molecule has 1 aliphatic carbocycles. The maximum Gasteiger partial charge on any atom is 0.193 e. The van der Waals surface area contributed by atoms with Gasteiger partial charge >= 0.3 is 0 Å². The van der Waals surface area contributed by atoms with Crippen LogP contribution in [0.4, 0.5) is 0 Å². The van der Waals surface area contributed by atoms with Crippen molar-refractivity contribution in [1.29, 1.82) is 0 Å². The third-order valence-corrected chi connectivity index (χ3v) is 5.34. The zero-order chi connectivity index (χ0) is 20.5. The van der Waals surface area contributed by atoms with Gasteiger partial charge < -0.3 is 5.11 Å². The van der Waals surface area contributed by atoms with Crippen molar-refractivity contribution < 1.29 is 14.7 Å². The maximum absolute atomic E-state index is 11.8. The SMILES string of the molecule is O=C(c1ccccc1)c1ccccc1.O=Cc1ccccc1C1(O)CCCCC1. The van der Waals surface area contributed by atoms with Crippen molar-refractivity contribution in [3.8, 4) is 0 Å². The quantitative estimate of drug-likeness (QED) is 0.471.